The normalized spacial score (nSPS) is 34.6. The van der Waals surface area contributed by atoms with E-state index in [1.165, 1.54) is 109 Å². The smallest absolute Gasteiger partial charge is 0.364 e. The first-order valence-electron chi connectivity index (χ1n) is 39.1. The Labute approximate surface area is 627 Å². The quantitative estimate of drug-likeness (QED) is 0.0255. The molecule has 5 aliphatic rings. The van der Waals surface area contributed by atoms with Crippen LogP contribution in [0.3, 0.4) is 0 Å². The van der Waals surface area contributed by atoms with Crippen molar-refractivity contribution in [2.24, 2.45) is 0 Å². The first-order valence-corrected chi connectivity index (χ1v) is 39.1. The van der Waals surface area contributed by atoms with E-state index in [0.717, 1.165) is 65.2 Å². The second kappa shape index (κ2) is 49.9. The molecule has 0 aromatic rings. The molecule has 0 aromatic heterocycles. The minimum absolute atomic E-state index is 0.168. The Morgan fingerprint density at radius 3 is 1.38 bits per heavy atom. The topological polar surface area (TPSA) is 541 Å². The molecular formula is C73H131N3O31. The van der Waals surface area contributed by atoms with E-state index < -0.39 is 235 Å². The predicted octanol–water partition coefficient (Wildman–Crippen LogP) is -1.04. The molecule has 5 fully saturated rings. The van der Waals surface area contributed by atoms with Gasteiger partial charge in [0.1, 0.15) is 116 Å². The highest BCUT2D eigenvalue weighted by Gasteiger charge is 2.61. The molecule has 34 nitrogen and oxygen atoms in total. The van der Waals surface area contributed by atoms with Gasteiger partial charge in [0.25, 0.3) is 5.79 Å². The molecule has 0 spiro atoms. The van der Waals surface area contributed by atoms with E-state index in [1.807, 2.05) is 6.08 Å². The number of aliphatic carboxylic acids is 1. The van der Waals surface area contributed by atoms with Gasteiger partial charge in [-0.3, -0.25) is 14.4 Å². The number of carbonyl (C=O) groups is 4. The molecule has 0 bridgehead atoms. The second-order valence-electron chi connectivity index (χ2n) is 29.3. The lowest BCUT2D eigenvalue weighted by atomic mass is 9.88. The Bertz CT molecular complexity index is 2500. The number of hydrogen-bond donors (Lipinski definition) is 20. The largest absolute Gasteiger partial charge is 0.477 e. The highest BCUT2D eigenvalue weighted by atomic mass is 16.8. The van der Waals surface area contributed by atoms with Crippen molar-refractivity contribution in [2.75, 3.05) is 39.6 Å². The minimum Gasteiger partial charge on any atom is -0.477 e. The van der Waals surface area contributed by atoms with Crippen molar-refractivity contribution in [1.82, 2.24) is 16.0 Å². The fourth-order valence-corrected chi connectivity index (χ4v) is 14.3. The van der Waals surface area contributed by atoms with Gasteiger partial charge in [-0.2, -0.15) is 0 Å². The summed E-state index contributed by atoms with van der Waals surface area (Å²) in [5, 5.41) is 197. The molecule has 20 N–H and O–H groups in total. The fraction of sp³-hybridized carbons (Fsp3) is 0.918. The van der Waals surface area contributed by atoms with Gasteiger partial charge in [-0.25, -0.2) is 4.79 Å². The molecule has 5 saturated heterocycles. The molecule has 34 heteroatoms. The van der Waals surface area contributed by atoms with Crippen LogP contribution in [0.4, 0.5) is 0 Å². The van der Waals surface area contributed by atoms with Crippen molar-refractivity contribution in [2.45, 2.75) is 385 Å². The van der Waals surface area contributed by atoms with Crippen LogP contribution in [0.5, 0.6) is 0 Å². The van der Waals surface area contributed by atoms with E-state index in [1.54, 1.807) is 6.08 Å². The second-order valence-corrected chi connectivity index (χ2v) is 29.3. The number of aliphatic hydroxyl groups is 16. The number of carbonyl (C=O) groups excluding carboxylic acids is 3. The van der Waals surface area contributed by atoms with Crippen molar-refractivity contribution in [3.63, 3.8) is 0 Å². The summed E-state index contributed by atoms with van der Waals surface area (Å²) in [5.41, 5.74) is 0. The zero-order chi connectivity index (χ0) is 78.8. The maximum absolute atomic E-state index is 13.5. The van der Waals surface area contributed by atoms with Gasteiger partial charge in [0, 0.05) is 26.7 Å². The summed E-state index contributed by atoms with van der Waals surface area (Å²) in [6.45, 7) is 0.587. The van der Waals surface area contributed by atoms with Crippen molar-refractivity contribution in [3.8, 4) is 0 Å². The Morgan fingerprint density at radius 1 is 0.486 bits per heavy atom. The molecule has 0 saturated carbocycles. The molecule has 3 amide bonds. The molecule has 107 heavy (non-hydrogen) atoms. The van der Waals surface area contributed by atoms with Crippen molar-refractivity contribution >= 4 is 23.7 Å². The molecule has 28 atom stereocenters. The number of carboxylic acid groups (broad SMARTS) is 1. The number of carboxylic acids is 1. The predicted molar refractivity (Wildman–Crippen MR) is 378 cm³/mol. The molecule has 0 aliphatic carbocycles. The number of ether oxygens (including phenoxy) is 10. The SMILES string of the molecule is CCCCCCCCCCCCCC=CC(O)C(CO[C@@H]1O[C@H](CO)[C@@H](O[C@@H]2O[C@H](CO)[C@H](O)[C@H](O[C@@H]3O[C@H](CO)[C@H](O)[C@H](O[C@@H]4O[C@H](CO)[C@H](O)[C@H](O[C@]5(C(=O)O)C[C@@H](O)[C@H](NC(C)=O)[C@@H](C(O)C(O)CO)O5)[C@H]4O)[C@H]3NC(C)=O)[C@H]2O)[C@H](O)[C@H]1O)NC(=O)CCCCCCCCCCCCCCCCC. The minimum atomic E-state index is -3.22. The third kappa shape index (κ3) is 29.2. The molecule has 0 aromatic carbocycles. The Balaban J connectivity index is 1.28. The average molecular weight is 1550 g/mol. The highest BCUT2D eigenvalue weighted by Crippen LogP contribution is 2.40. The average Bonchev–Trinajstić information content (AvgIpc) is 0.756. The zero-order valence-corrected chi connectivity index (χ0v) is 62.8. The summed E-state index contributed by atoms with van der Waals surface area (Å²) in [4.78, 5) is 52.0. The number of allylic oxidation sites excluding steroid dienone is 1. The van der Waals surface area contributed by atoms with Crippen molar-refractivity contribution < 1.29 is 153 Å². The molecule has 624 valence electrons. The van der Waals surface area contributed by atoms with Gasteiger partial charge in [0.05, 0.1) is 63.9 Å². The number of hydrogen-bond acceptors (Lipinski definition) is 30. The van der Waals surface area contributed by atoms with Crippen LogP contribution < -0.4 is 16.0 Å². The summed E-state index contributed by atoms with van der Waals surface area (Å²) >= 11 is 0. The standard InChI is InChI=1S/C73H131N3O31/c1-5-7-9-11-13-15-17-19-20-22-24-26-28-30-32-34-52(87)76-44(45(84)33-31-29-27-25-23-21-18-16-14-12-10-8-6-2)41-98-69-60(93)59(92)63(51(40-81)102-69)103-70-61(94)66(57(90)49(38-79)100-70)105-68-54(75-43(4)83)64(56(89)48(37-78)99-68)104-71-62(95)67(58(91)50(39-80)101-71)107-73(72(96)97)35-46(85)53(74-42(3)82)65(106-73)55(88)47(86)36-77/h31,33,44-51,53-71,77-81,84-86,88-95H,5-30,32,34-41H2,1-4H3,(H,74,82)(H,75,83)(H,76,87)(H,96,97)/t44?,45?,46-,47?,48-,49-,50-,51-,53+,54-,55?,56+,57+,58+,59-,60-,61-,62-,63-,64-,65+,66+,67+,68+,69-,70+,71+,73+/m1/s1. The Hall–Kier alpha value is -3.42. The molecule has 5 aliphatic heterocycles. The van der Waals surface area contributed by atoms with Gasteiger partial charge in [-0.05, 0) is 19.3 Å². The van der Waals surface area contributed by atoms with Crippen molar-refractivity contribution in [1.29, 1.82) is 0 Å². The van der Waals surface area contributed by atoms with Crippen LogP contribution in [0.1, 0.15) is 214 Å². The third-order valence-electron chi connectivity index (χ3n) is 20.6. The van der Waals surface area contributed by atoms with E-state index in [-0.39, 0.29) is 12.3 Å². The lowest BCUT2D eigenvalue weighted by Crippen LogP contribution is -2.71. The number of nitrogens with one attached hydrogen (secondary N) is 3. The van der Waals surface area contributed by atoms with Crippen LogP contribution in [0.2, 0.25) is 0 Å². The van der Waals surface area contributed by atoms with Crippen LogP contribution in [-0.2, 0) is 66.5 Å². The lowest BCUT2D eigenvalue weighted by Gasteiger charge is -2.51. The highest BCUT2D eigenvalue weighted by molar-refractivity contribution is 5.77. The Kier molecular flexibility index (Phi) is 44.0. The third-order valence-corrected chi connectivity index (χ3v) is 20.6. The van der Waals surface area contributed by atoms with Gasteiger partial charge in [-0.15, -0.1) is 0 Å². The lowest BCUT2D eigenvalue weighted by molar-refractivity contribution is -0.389. The number of unbranched alkanes of at least 4 members (excludes halogenated alkanes) is 25. The summed E-state index contributed by atoms with van der Waals surface area (Å²) in [6, 6.07) is -4.65. The van der Waals surface area contributed by atoms with Crippen LogP contribution in [-0.4, -0.2) is 321 Å². The first kappa shape index (κ1) is 94.2. The monoisotopic (exact) mass is 1550 g/mol. The van der Waals surface area contributed by atoms with Gasteiger partial charge >= 0.3 is 5.97 Å². The maximum Gasteiger partial charge on any atom is 0.364 e. The molecule has 0 radical (unpaired) electrons. The summed E-state index contributed by atoms with van der Waals surface area (Å²) < 4.78 is 59.0. The van der Waals surface area contributed by atoms with Gasteiger partial charge in [-0.1, -0.05) is 180 Å². The summed E-state index contributed by atoms with van der Waals surface area (Å²) in [6.07, 6.45) is -15.2. The Morgan fingerprint density at radius 2 is 0.907 bits per heavy atom. The summed E-state index contributed by atoms with van der Waals surface area (Å²) in [5.74, 6) is -7.39. The molecule has 5 rings (SSSR count). The summed E-state index contributed by atoms with van der Waals surface area (Å²) in [7, 11) is 0. The number of rotatable bonds is 52. The van der Waals surface area contributed by atoms with Gasteiger partial charge in [0.2, 0.25) is 17.7 Å². The molecule has 4 unspecified atom stereocenters. The van der Waals surface area contributed by atoms with Gasteiger partial charge < -0.3 is 150 Å². The number of amides is 3. The van der Waals surface area contributed by atoms with Gasteiger partial charge in [0.15, 0.2) is 25.2 Å². The number of aliphatic hydroxyl groups excluding tert-OH is 16. The van der Waals surface area contributed by atoms with Crippen LogP contribution >= 0.6 is 0 Å². The van der Waals surface area contributed by atoms with Crippen LogP contribution in [0.15, 0.2) is 12.2 Å². The van der Waals surface area contributed by atoms with Crippen LogP contribution in [0, 0.1) is 0 Å². The molecular weight excluding hydrogens is 1410 g/mol. The maximum atomic E-state index is 13.5. The van der Waals surface area contributed by atoms with E-state index in [9.17, 15) is 106 Å². The van der Waals surface area contributed by atoms with E-state index in [0.29, 0.717) is 12.8 Å². The molecule has 5 heterocycles. The van der Waals surface area contributed by atoms with E-state index in [2.05, 4.69) is 29.8 Å². The van der Waals surface area contributed by atoms with Crippen LogP contribution in [0.25, 0.3) is 0 Å². The zero-order valence-electron chi connectivity index (χ0n) is 62.8. The first-order chi connectivity index (χ1) is 51.3. The van der Waals surface area contributed by atoms with Crippen molar-refractivity contribution in [3.05, 3.63) is 12.2 Å². The van der Waals surface area contributed by atoms with E-state index in [4.69, 9.17) is 47.4 Å². The fourth-order valence-electron chi connectivity index (χ4n) is 14.3. The van der Waals surface area contributed by atoms with E-state index >= 15 is 0 Å².